The summed E-state index contributed by atoms with van der Waals surface area (Å²) in [5.41, 5.74) is 6.73. The normalized spacial score (nSPS) is 17.5. The van der Waals surface area contributed by atoms with Crippen LogP contribution in [0.1, 0.15) is 16.1 Å². The van der Waals surface area contributed by atoms with Crippen LogP contribution in [0.5, 0.6) is 0 Å². The van der Waals surface area contributed by atoms with E-state index < -0.39 is 5.91 Å². The second-order valence-electron chi connectivity index (χ2n) is 4.62. The molecule has 0 atom stereocenters. The summed E-state index contributed by atoms with van der Waals surface area (Å²) in [4.78, 5) is 32.3. The third-order valence-electron chi connectivity index (χ3n) is 3.01. The molecule has 7 heteroatoms. The molecule has 0 bridgehead atoms. The molecule has 1 fully saturated rings. The number of carbonyl (C=O) groups is 2. The molecule has 0 aliphatic carbocycles. The summed E-state index contributed by atoms with van der Waals surface area (Å²) in [7, 11) is 0. The second-order valence-corrected chi connectivity index (χ2v) is 5.65. The maximum atomic E-state index is 12.0. The van der Waals surface area contributed by atoms with Gasteiger partial charge in [0.2, 0.25) is 0 Å². The summed E-state index contributed by atoms with van der Waals surface area (Å²) < 4.78 is 0. The number of thioether (sulfide) groups is 1. The summed E-state index contributed by atoms with van der Waals surface area (Å²) in [6, 6.07) is 12.2. The predicted octanol–water partition coefficient (Wildman–Crippen LogP) is 2.07. The van der Waals surface area contributed by atoms with E-state index in [0.29, 0.717) is 27.0 Å². The average Bonchev–Trinajstić information content (AvgIpc) is 2.88. The quantitative estimate of drug-likeness (QED) is 0.845. The van der Waals surface area contributed by atoms with E-state index in [-0.39, 0.29) is 5.91 Å². The topological polar surface area (TPSA) is 97.4 Å². The Bertz CT molecular complexity index is 831. The first-order valence-electron chi connectivity index (χ1n) is 6.73. The van der Waals surface area contributed by atoms with Crippen molar-refractivity contribution in [2.75, 3.05) is 0 Å². The number of nitrogens with two attached hydrogens (primary N) is 1. The number of pyridine rings is 1. The minimum absolute atomic E-state index is 0.254. The minimum Gasteiger partial charge on any atom is -0.366 e. The van der Waals surface area contributed by atoms with Crippen molar-refractivity contribution in [3.05, 3.63) is 64.8 Å². The van der Waals surface area contributed by atoms with Gasteiger partial charge in [-0.3, -0.25) is 14.6 Å². The third-order valence-corrected chi connectivity index (χ3v) is 3.92. The molecular formula is C16H12N4O2S. The SMILES string of the molecule is NC(=O)c1ccccc1N=C1NC(=O)/C(=C/c2ccccn2)S1. The highest BCUT2D eigenvalue weighted by molar-refractivity contribution is 8.18. The van der Waals surface area contributed by atoms with Gasteiger partial charge >= 0.3 is 0 Å². The van der Waals surface area contributed by atoms with Crippen LogP contribution < -0.4 is 11.1 Å². The number of nitrogens with one attached hydrogen (secondary N) is 1. The molecule has 6 nitrogen and oxygen atoms in total. The Morgan fingerprint density at radius 1 is 1.22 bits per heavy atom. The number of para-hydroxylation sites is 1. The first-order chi connectivity index (χ1) is 11.1. The fourth-order valence-corrected chi connectivity index (χ4v) is 2.78. The van der Waals surface area contributed by atoms with E-state index >= 15 is 0 Å². The van der Waals surface area contributed by atoms with Crippen LogP contribution in [0.15, 0.2) is 58.6 Å². The number of carbonyl (C=O) groups excluding carboxylic acids is 2. The van der Waals surface area contributed by atoms with Crippen molar-refractivity contribution in [1.82, 2.24) is 10.3 Å². The van der Waals surface area contributed by atoms with Gasteiger partial charge in [0.15, 0.2) is 5.17 Å². The molecule has 114 valence electrons. The van der Waals surface area contributed by atoms with Gasteiger partial charge in [0.05, 0.1) is 21.8 Å². The number of hydrogen-bond acceptors (Lipinski definition) is 5. The standard InChI is InChI=1S/C16H12N4O2S/c17-14(21)11-6-1-2-7-12(11)19-16-20-15(22)13(23-16)9-10-5-3-4-8-18-10/h1-9H,(H2,17,21)(H,19,20,22)/b13-9-. The Morgan fingerprint density at radius 2 is 2.00 bits per heavy atom. The summed E-state index contributed by atoms with van der Waals surface area (Å²) in [6.07, 6.45) is 3.34. The minimum atomic E-state index is -0.566. The summed E-state index contributed by atoms with van der Waals surface area (Å²) in [5.74, 6) is -0.820. The van der Waals surface area contributed by atoms with E-state index in [1.54, 1.807) is 48.7 Å². The van der Waals surface area contributed by atoms with Gasteiger partial charge in [-0.2, -0.15) is 0 Å². The van der Waals surface area contributed by atoms with Gasteiger partial charge in [-0.05, 0) is 42.1 Å². The number of amides is 2. The number of nitrogens with zero attached hydrogens (tertiary/aromatic N) is 2. The van der Waals surface area contributed by atoms with E-state index in [0.717, 1.165) is 0 Å². The Labute approximate surface area is 136 Å². The zero-order chi connectivity index (χ0) is 16.2. The Balaban J connectivity index is 1.88. The van der Waals surface area contributed by atoms with Gasteiger partial charge in [-0.1, -0.05) is 18.2 Å². The number of amidine groups is 1. The van der Waals surface area contributed by atoms with Crippen molar-refractivity contribution in [2.45, 2.75) is 0 Å². The molecule has 1 aromatic heterocycles. The van der Waals surface area contributed by atoms with Gasteiger partial charge in [-0.25, -0.2) is 4.99 Å². The van der Waals surface area contributed by atoms with Gasteiger partial charge < -0.3 is 11.1 Å². The Morgan fingerprint density at radius 3 is 2.74 bits per heavy atom. The van der Waals surface area contributed by atoms with Crippen LogP contribution in [0.25, 0.3) is 6.08 Å². The lowest BCUT2D eigenvalue weighted by Gasteiger charge is -2.01. The van der Waals surface area contributed by atoms with Crippen molar-refractivity contribution in [3.8, 4) is 0 Å². The molecule has 3 N–H and O–H groups in total. The Hall–Kier alpha value is -2.93. The fourth-order valence-electron chi connectivity index (χ4n) is 1.97. The summed E-state index contributed by atoms with van der Waals surface area (Å²) in [6.45, 7) is 0. The van der Waals surface area contributed by atoms with E-state index in [1.807, 2.05) is 6.07 Å². The van der Waals surface area contributed by atoms with Crippen molar-refractivity contribution in [2.24, 2.45) is 10.7 Å². The molecular weight excluding hydrogens is 312 g/mol. The van der Waals surface area contributed by atoms with Crippen LogP contribution in [-0.4, -0.2) is 22.0 Å². The lowest BCUT2D eigenvalue weighted by molar-refractivity contribution is -0.115. The molecule has 1 aromatic carbocycles. The van der Waals surface area contributed by atoms with E-state index in [4.69, 9.17) is 5.73 Å². The lowest BCUT2D eigenvalue weighted by atomic mass is 10.2. The van der Waals surface area contributed by atoms with E-state index in [9.17, 15) is 9.59 Å². The van der Waals surface area contributed by atoms with Gasteiger partial charge in [0, 0.05) is 6.20 Å². The first-order valence-corrected chi connectivity index (χ1v) is 7.54. The molecule has 1 saturated heterocycles. The van der Waals surface area contributed by atoms with Crippen molar-refractivity contribution in [1.29, 1.82) is 0 Å². The molecule has 3 rings (SSSR count). The monoisotopic (exact) mass is 324 g/mol. The molecule has 2 amide bonds. The number of rotatable bonds is 3. The van der Waals surface area contributed by atoms with Crippen LogP contribution >= 0.6 is 11.8 Å². The van der Waals surface area contributed by atoms with Crippen LogP contribution in [-0.2, 0) is 4.79 Å². The van der Waals surface area contributed by atoms with Gasteiger partial charge in [-0.15, -0.1) is 0 Å². The molecule has 0 saturated carbocycles. The number of aliphatic imine (C=N–C) groups is 1. The fraction of sp³-hybridized carbons (Fsp3) is 0. The average molecular weight is 324 g/mol. The number of aromatic nitrogens is 1. The molecule has 0 unspecified atom stereocenters. The highest BCUT2D eigenvalue weighted by Gasteiger charge is 2.24. The first kappa shape index (κ1) is 15.0. The van der Waals surface area contributed by atoms with Crippen LogP contribution in [0, 0.1) is 0 Å². The molecule has 0 radical (unpaired) electrons. The van der Waals surface area contributed by atoms with Gasteiger partial charge in [0.25, 0.3) is 11.8 Å². The smallest absolute Gasteiger partial charge is 0.264 e. The van der Waals surface area contributed by atoms with Crippen LogP contribution in [0.3, 0.4) is 0 Å². The molecule has 0 spiro atoms. The maximum absolute atomic E-state index is 12.0. The zero-order valence-corrected chi connectivity index (χ0v) is 12.7. The molecule has 23 heavy (non-hydrogen) atoms. The van der Waals surface area contributed by atoms with Crippen molar-refractivity contribution >= 4 is 40.5 Å². The molecule has 1 aliphatic heterocycles. The van der Waals surface area contributed by atoms with Crippen molar-refractivity contribution < 1.29 is 9.59 Å². The zero-order valence-electron chi connectivity index (χ0n) is 11.9. The van der Waals surface area contributed by atoms with Gasteiger partial charge in [0.1, 0.15) is 0 Å². The molecule has 2 aromatic rings. The molecule has 2 heterocycles. The summed E-state index contributed by atoms with van der Waals surface area (Å²) >= 11 is 1.19. The molecule has 1 aliphatic rings. The second kappa shape index (κ2) is 6.45. The lowest BCUT2D eigenvalue weighted by Crippen LogP contribution is -2.19. The van der Waals surface area contributed by atoms with Crippen LogP contribution in [0.4, 0.5) is 5.69 Å². The van der Waals surface area contributed by atoms with E-state index in [1.165, 1.54) is 11.8 Å². The number of hydrogen-bond donors (Lipinski definition) is 2. The summed E-state index contributed by atoms with van der Waals surface area (Å²) in [5, 5.41) is 3.06. The maximum Gasteiger partial charge on any atom is 0.264 e. The highest BCUT2D eigenvalue weighted by Crippen LogP contribution is 2.28. The van der Waals surface area contributed by atoms with Crippen molar-refractivity contribution in [3.63, 3.8) is 0 Å². The predicted molar refractivity (Wildman–Crippen MR) is 90.0 cm³/mol. The Kier molecular flexibility index (Phi) is 4.20. The highest BCUT2D eigenvalue weighted by atomic mass is 32.2. The number of primary amides is 1. The van der Waals surface area contributed by atoms with E-state index in [2.05, 4.69) is 15.3 Å². The largest absolute Gasteiger partial charge is 0.366 e. The van der Waals surface area contributed by atoms with Crippen LogP contribution in [0.2, 0.25) is 0 Å². The number of benzene rings is 1. The third kappa shape index (κ3) is 3.46.